The smallest absolute Gasteiger partial charge is 0.406 e. The van der Waals surface area contributed by atoms with Crippen LogP contribution in [-0.4, -0.2) is 75.7 Å². The van der Waals surface area contributed by atoms with Gasteiger partial charge in [-0.3, -0.25) is 18.4 Å². The Morgan fingerprint density at radius 3 is 2.61 bits per heavy atom. The van der Waals surface area contributed by atoms with E-state index in [2.05, 4.69) is 14.8 Å². The second-order valence-corrected chi connectivity index (χ2v) is 9.98. The van der Waals surface area contributed by atoms with Crippen LogP contribution in [0.25, 0.3) is 0 Å². The number of halogens is 2. The number of nitrogens with one attached hydrogen (secondary N) is 1. The third kappa shape index (κ3) is 7.51. The van der Waals surface area contributed by atoms with Crippen molar-refractivity contribution in [3.8, 4) is 0 Å². The zero-order valence-corrected chi connectivity index (χ0v) is 20.6. The molecule has 1 aromatic heterocycles. The van der Waals surface area contributed by atoms with Crippen LogP contribution in [0.5, 0.6) is 0 Å². The molecule has 0 aromatic carbocycles. The number of rotatable bonds is 13. The Morgan fingerprint density at radius 2 is 2.06 bits per heavy atom. The number of aliphatic hydroxyl groups is 1. The number of carboxylic acid groups (broad SMARTS) is 1. The highest BCUT2D eigenvalue weighted by atomic mass is 31.2. The van der Waals surface area contributed by atoms with Crippen molar-refractivity contribution in [3.63, 3.8) is 0 Å². The Bertz CT molecular complexity index is 1040. The first kappa shape index (κ1) is 29.7. The number of carboxylic acids is 1. The Balaban J connectivity index is 2.23. The lowest BCUT2D eigenvalue weighted by Gasteiger charge is -2.25. The van der Waals surface area contributed by atoms with Gasteiger partial charge in [0.05, 0.1) is 13.2 Å². The standard InChI is InChI=1S/C19H29F2N4O10P/c1-4-32-14(26)9-34-36(31,24-11(16(28)29)7-10(2)3)33-8-12-15(27)19(20,21)17(35-12)25-6-5-13(22)23-18(25)30/h5-6,10-12,15,17,27H,4,7-9H2,1-3H3,(H,24,31)(H,28,29)(H2,22,23,30)/t11-,12+,15+,17+,36?/m0/s1. The molecular formula is C19H29F2N4O10P. The molecule has 0 bridgehead atoms. The highest BCUT2D eigenvalue weighted by Gasteiger charge is 2.60. The maximum absolute atomic E-state index is 14.7. The fraction of sp³-hybridized carbons (Fsp3) is 0.684. The van der Waals surface area contributed by atoms with Crippen molar-refractivity contribution in [2.75, 3.05) is 25.6 Å². The summed E-state index contributed by atoms with van der Waals surface area (Å²) in [6, 6.07) is -0.389. The van der Waals surface area contributed by atoms with Crippen molar-refractivity contribution in [2.45, 2.75) is 57.6 Å². The molecule has 1 fully saturated rings. The molecule has 1 aliphatic heterocycles. The number of hydrogen-bond donors (Lipinski definition) is 4. The summed E-state index contributed by atoms with van der Waals surface area (Å²) >= 11 is 0. The Morgan fingerprint density at radius 1 is 1.39 bits per heavy atom. The molecule has 0 aliphatic carbocycles. The van der Waals surface area contributed by atoms with Crippen molar-refractivity contribution in [3.05, 3.63) is 22.7 Å². The van der Waals surface area contributed by atoms with E-state index < -0.39 is 69.0 Å². The maximum Gasteiger partial charge on any atom is 0.406 e. The molecule has 14 nitrogen and oxygen atoms in total. The van der Waals surface area contributed by atoms with Crippen molar-refractivity contribution in [1.82, 2.24) is 14.6 Å². The number of aliphatic carboxylic acids is 1. The minimum Gasteiger partial charge on any atom is -0.480 e. The molecule has 204 valence electrons. The van der Waals surface area contributed by atoms with E-state index in [1.807, 2.05) is 0 Å². The number of aromatic nitrogens is 2. The van der Waals surface area contributed by atoms with Gasteiger partial charge in [0.2, 0.25) is 6.23 Å². The van der Waals surface area contributed by atoms with E-state index >= 15 is 0 Å². The van der Waals surface area contributed by atoms with Crippen LogP contribution in [0, 0.1) is 5.92 Å². The van der Waals surface area contributed by atoms with Crippen LogP contribution in [0.4, 0.5) is 14.6 Å². The number of alkyl halides is 2. The summed E-state index contributed by atoms with van der Waals surface area (Å²) in [5.41, 5.74) is 4.18. The van der Waals surface area contributed by atoms with Crippen LogP contribution in [-0.2, 0) is 32.7 Å². The quantitative estimate of drug-likeness (QED) is 0.199. The molecule has 0 saturated carbocycles. The van der Waals surface area contributed by atoms with Crippen LogP contribution in [0.1, 0.15) is 33.4 Å². The van der Waals surface area contributed by atoms with Crippen LogP contribution in [0.15, 0.2) is 17.1 Å². The number of aliphatic hydroxyl groups excluding tert-OH is 1. The molecule has 0 spiro atoms. The molecule has 36 heavy (non-hydrogen) atoms. The zero-order valence-electron chi connectivity index (χ0n) is 19.7. The number of ether oxygens (including phenoxy) is 2. The average Bonchev–Trinajstić information content (AvgIpc) is 2.99. The number of nitrogens with zero attached hydrogens (tertiary/aromatic N) is 2. The van der Waals surface area contributed by atoms with Gasteiger partial charge in [-0.05, 0) is 25.3 Å². The van der Waals surface area contributed by atoms with Gasteiger partial charge in [-0.2, -0.15) is 13.8 Å². The van der Waals surface area contributed by atoms with E-state index in [4.69, 9.17) is 19.5 Å². The highest BCUT2D eigenvalue weighted by Crippen LogP contribution is 2.48. The number of carbonyl (C=O) groups excluding carboxylic acids is 1. The summed E-state index contributed by atoms with van der Waals surface area (Å²) in [4.78, 5) is 38.6. The molecule has 1 aliphatic rings. The van der Waals surface area contributed by atoms with E-state index in [0.29, 0.717) is 4.57 Å². The summed E-state index contributed by atoms with van der Waals surface area (Å²) in [5.74, 6) is -6.77. The van der Waals surface area contributed by atoms with Crippen molar-refractivity contribution in [2.24, 2.45) is 5.92 Å². The van der Waals surface area contributed by atoms with E-state index in [0.717, 1.165) is 12.3 Å². The number of anilines is 1. The number of nitrogens with two attached hydrogens (primary N) is 1. The summed E-state index contributed by atoms with van der Waals surface area (Å²) in [6.07, 6.45) is -5.80. The van der Waals surface area contributed by atoms with Crippen molar-refractivity contribution < 1.29 is 51.7 Å². The molecule has 1 unspecified atom stereocenters. The van der Waals surface area contributed by atoms with Crippen LogP contribution in [0.3, 0.4) is 0 Å². The molecule has 17 heteroatoms. The van der Waals surface area contributed by atoms with Gasteiger partial charge >= 0.3 is 31.3 Å². The number of carbonyl (C=O) groups is 2. The molecule has 1 aromatic rings. The molecule has 2 heterocycles. The summed E-state index contributed by atoms with van der Waals surface area (Å²) in [5, 5.41) is 21.8. The summed E-state index contributed by atoms with van der Waals surface area (Å²) in [6.45, 7) is 2.97. The predicted octanol–water partition coefficient (Wildman–Crippen LogP) is 0.512. The number of nitrogen functional groups attached to an aromatic ring is 1. The van der Waals surface area contributed by atoms with Crippen LogP contribution < -0.4 is 16.5 Å². The molecule has 2 rings (SSSR count). The van der Waals surface area contributed by atoms with Crippen molar-refractivity contribution in [1.29, 1.82) is 0 Å². The fourth-order valence-electron chi connectivity index (χ4n) is 3.21. The van der Waals surface area contributed by atoms with Crippen LogP contribution >= 0.6 is 7.75 Å². The topological polar surface area (TPSA) is 202 Å². The van der Waals surface area contributed by atoms with E-state index in [-0.39, 0.29) is 24.8 Å². The largest absolute Gasteiger partial charge is 0.480 e. The molecule has 5 N–H and O–H groups in total. The second-order valence-electron chi connectivity index (χ2n) is 8.21. The van der Waals surface area contributed by atoms with Gasteiger partial charge in [0.1, 0.15) is 18.0 Å². The SMILES string of the molecule is CCOC(=O)COP(=O)(N[C@@H](CC(C)C)C(=O)O)OC[C@H]1O[C@@H](n2ccc(N)nc2=O)C(F)(F)[C@@H]1O. The third-order valence-corrected chi connectivity index (χ3v) is 6.46. The third-order valence-electron chi connectivity index (χ3n) is 4.87. The molecule has 0 amide bonds. The van der Waals surface area contributed by atoms with Gasteiger partial charge in [-0.25, -0.2) is 19.2 Å². The van der Waals surface area contributed by atoms with Gasteiger partial charge < -0.3 is 25.4 Å². The van der Waals surface area contributed by atoms with Gasteiger partial charge in [-0.1, -0.05) is 13.8 Å². The normalized spacial score (nSPS) is 23.8. The maximum atomic E-state index is 14.7. The van der Waals surface area contributed by atoms with Gasteiger partial charge in [0, 0.05) is 6.20 Å². The Hall–Kier alpha value is -2.49. The second kappa shape index (κ2) is 12.2. The minimum absolute atomic E-state index is 0.0240. The first-order valence-electron chi connectivity index (χ1n) is 10.8. The molecule has 1 saturated heterocycles. The van der Waals surface area contributed by atoms with E-state index in [9.17, 15) is 37.9 Å². The van der Waals surface area contributed by atoms with Crippen LogP contribution in [0.2, 0.25) is 0 Å². The highest BCUT2D eigenvalue weighted by molar-refractivity contribution is 7.51. The minimum atomic E-state index is -4.66. The monoisotopic (exact) mass is 542 g/mol. The van der Waals surface area contributed by atoms with E-state index in [1.54, 1.807) is 13.8 Å². The predicted molar refractivity (Wildman–Crippen MR) is 118 cm³/mol. The first-order valence-corrected chi connectivity index (χ1v) is 12.4. The molecule has 5 atom stereocenters. The summed E-state index contributed by atoms with van der Waals surface area (Å²) in [7, 11) is -4.66. The molecular weight excluding hydrogens is 513 g/mol. The lowest BCUT2D eigenvalue weighted by Crippen LogP contribution is -2.42. The Kier molecular flexibility index (Phi) is 10.0. The van der Waals surface area contributed by atoms with Crippen molar-refractivity contribution >= 4 is 25.5 Å². The summed E-state index contributed by atoms with van der Waals surface area (Å²) < 4.78 is 63.0. The Labute approximate surface area is 204 Å². The average molecular weight is 542 g/mol. The lowest BCUT2D eigenvalue weighted by molar-refractivity contribution is -0.145. The number of hydrogen-bond acceptors (Lipinski definition) is 11. The molecule has 0 radical (unpaired) electrons. The fourth-order valence-corrected chi connectivity index (χ4v) is 4.64. The zero-order chi connectivity index (χ0) is 27.3. The number of esters is 1. The van der Waals surface area contributed by atoms with Gasteiger partial charge in [-0.15, -0.1) is 0 Å². The van der Waals surface area contributed by atoms with E-state index in [1.165, 1.54) is 6.92 Å². The van der Waals surface area contributed by atoms with Gasteiger partial charge in [0.15, 0.2) is 12.7 Å². The first-order chi connectivity index (χ1) is 16.7. The lowest BCUT2D eigenvalue weighted by atomic mass is 10.1. The van der Waals surface area contributed by atoms with Gasteiger partial charge in [0.25, 0.3) is 0 Å².